The van der Waals surface area contributed by atoms with Gasteiger partial charge in [0.2, 0.25) is 0 Å². The number of aryl methyl sites for hydroxylation is 2. The van der Waals surface area contributed by atoms with Gasteiger partial charge in [0.05, 0.1) is 0 Å². The Hall–Kier alpha value is -0.440. The second-order valence-corrected chi connectivity index (χ2v) is 6.56. The molecule has 110 valence electrons. The van der Waals surface area contributed by atoms with Gasteiger partial charge in [-0.2, -0.15) is 0 Å². The van der Waals surface area contributed by atoms with Crippen molar-refractivity contribution in [3.63, 3.8) is 0 Å². The number of rotatable bonds is 12. The van der Waals surface area contributed by atoms with E-state index in [2.05, 4.69) is 24.0 Å². The molecule has 1 aromatic rings. The van der Waals surface area contributed by atoms with E-state index in [0.717, 1.165) is 12.8 Å². The first-order valence-electron chi connectivity index (χ1n) is 8.18. The summed E-state index contributed by atoms with van der Waals surface area (Å²) in [6.45, 7) is 4.52. The molecule has 0 fully saturated rings. The van der Waals surface area contributed by atoms with E-state index in [0.29, 0.717) is 0 Å². The molecule has 0 spiro atoms. The maximum Gasteiger partial charge on any atom is 0.117 e. The Bertz CT molecular complexity index is 281. The topological polar surface area (TPSA) is 25.8 Å². The highest BCUT2D eigenvalue weighted by atomic mass is 32.1. The molecule has 2 nitrogen and oxygen atoms in total. The van der Waals surface area contributed by atoms with Gasteiger partial charge in [-0.25, -0.2) is 0 Å². The maximum atomic E-state index is 4.32. The molecule has 0 unspecified atom stereocenters. The van der Waals surface area contributed by atoms with Crippen molar-refractivity contribution in [1.29, 1.82) is 0 Å². The van der Waals surface area contributed by atoms with E-state index in [4.69, 9.17) is 0 Å². The lowest BCUT2D eigenvalue weighted by Gasteiger charge is -1.97. The van der Waals surface area contributed by atoms with Gasteiger partial charge in [-0.1, -0.05) is 65.2 Å². The molecule has 19 heavy (non-hydrogen) atoms. The summed E-state index contributed by atoms with van der Waals surface area (Å²) in [6.07, 6.45) is 15.7. The number of unbranched alkanes of at least 4 members (excludes halogenated alkanes) is 8. The van der Waals surface area contributed by atoms with Crippen LogP contribution in [0.2, 0.25) is 0 Å². The molecule has 0 aliphatic rings. The first-order chi connectivity index (χ1) is 9.36. The molecule has 0 N–H and O–H groups in total. The minimum Gasteiger partial charge on any atom is -0.144 e. The summed E-state index contributed by atoms with van der Waals surface area (Å²) in [7, 11) is 0. The summed E-state index contributed by atoms with van der Waals surface area (Å²) in [5.74, 6) is 0. The Morgan fingerprint density at radius 3 is 1.47 bits per heavy atom. The predicted octanol–water partition coefficient (Wildman–Crippen LogP) is 5.56. The lowest BCUT2D eigenvalue weighted by molar-refractivity contribution is 0.626. The normalized spacial score (nSPS) is 11.1. The standard InChI is InChI=1S/C16H30N2S/c1-3-5-7-9-11-13-15-17-18-16(19-15)14-12-10-8-6-4-2/h3-14H2,1-2H3. The van der Waals surface area contributed by atoms with Crippen LogP contribution in [0.1, 0.15) is 88.1 Å². The van der Waals surface area contributed by atoms with Gasteiger partial charge in [0.15, 0.2) is 0 Å². The van der Waals surface area contributed by atoms with Gasteiger partial charge in [0.25, 0.3) is 0 Å². The van der Waals surface area contributed by atoms with Crippen LogP contribution in [0.25, 0.3) is 0 Å². The van der Waals surface area contributed by atoms with Crippen molar-refractivity contribution in [1.82, 2.24) is 10.2 Å². The lowest BCUT2D eigenvalue weighted by atomic mass is 10.1. The van der Waals surface area contributed by atoms with Crippen molar-refractivity contribution < 1.29 is 0 Å². The first kappa shape index (κ1) is 16.6. The monoisotopic (exact) mass is 282 g/mol. The van der Waals surface area contributed by atoms with E-state index in [-0.39, 0.29) is 0 Å². The maximum absolute atomic E-state index is 4.32. The van der Waals surface area contributed by atoms with E-state index in [1.165, 1.54) is 74.2 Å². The third-order valence-corrected chi connectivity index (χ3v) is 4.54. The molecule has 0 aromatic carbocycles. The van der Waals surface area contributed by atoms with E-state index in [1.807, 2.05) is 11.3 Å². The van der Waals surface area contributed by atoms with Crippen LogP contribution in [0.4, 0.5) is 0 Å². The quantitative estimate of drug-likeness (QED) is 0.469. The fraction of sp³-hybridized carbons (Fsp3) is 0.875. The molecule has 0 bridgehead atoms. The predicted molar refractivity (Wildman–Crippen MR) is 84.8 cm³/mol. The Morgan fingerprint density at radius 2 is 1.05 bits per heavy atom. The van der Waals surface area contributed by atoms with Crippen LogP contribution in [0, 0.1) is 0 Å². The Labute approximate surface area is 123 Å². The fourth-order valence-corrected chi connectivity index (χ4v) is 3.18. The van der Waals surface area contributed by atoms with Crippen molar-refractivity contribution in [3.05, 3.63) is 10.0 Å². The average Bonchev–Trinajstić information content (AvgIpc) is 2.86. The molecule has 1 rings (SSSR count). The van der Waals surface area contributed by atoms with Crippen LogP contribution in [0.15, 0.2) is 0 Å². The molecule has 0 saturated carbocycles. The molecule has 0 atom stereocenters. The Morgan fingerprint density at radius 1 is 0.632 bits per heavy atom. The van der Waals surface area contributed by atoms with Crippen LogP contribution in [-0.2, 0) is 12.8 Å². The lowest BCUT2D eigenvalue weighted by Crippen LogP contribution is -1.85. The number of aromatic nitrogens is 2. The van der Waals surface area contributed by atoms with Crippen molar-refractivity contribution in [2.45, 2.75) is 90.9 Å². The molecule has 0 aliphatic heterocycles. The minimum atomic E-state index is 1.14. The number of hydrogen-bond donors (Lipinski definition) is 0. The van der Waals surface area contributed by atoms with Gasteiger partial charge in [-0.3, -0.25) is 0 Å². The first-order valence-corrected chi connectivity index (χ1v) is 8.99. The van der Waals surface area contributed by atoms with E-state index in [1.54, 1.807) is 0 Å². The molecular weight excluding hydrogens is 252 g/mol. The van der Waals surface area contributed by atoms with Gasteiger partial charge >= 0.3 is 0 Å². The second-order valence-electron chi connectivity index (χ2n) is 5.42. The summed E-state index contributed by atoms with van der Waals surface area (Å²) in [5.41, 5.74) is 0. The SMILES string of the molecule is CCCCCCCc1nnc(CCCCCCC)s1. The Balaban J connectivity index is 2.07. The third kappa shape index (κ3) is 8.35. The van der Waals surface area contributed by atoms with Gasteiger partial charge < -0.3 is 0 Å². The van der Waals surface area contributed by atoms with E-state index in [9.17, 15) is 0 Å². The summed E-state index contributed by atoms with van der Waals surface area (Å²) in [5, 5.41) is 11.1. The van der Waals surface area contributed by atoms with Crippen molar-refractivity contribution in [2.75, 3.05) is 0 Å². The van der Waals surface area contributed by atoms with Crippen LogP contribution < -0.4 is 0 Å². The molecule has 0 saturated heterocycles. The average molecular weight is 282 g/mol. The number of hydrogen-bond acceptors (Lipinski definition) is 3. The fourth-order valence-electron chi connectivity index (χ4n) is 2.25. The van der Waals surface area contributed by atoms with Crippen LogP contribution in [0.5, 0.6) is 0 Å². The number of nitrogens with zero attached hydrogens (tertiary/aromatic N) is 2. The van der Waals surface area contributed by atoms with Crippen molar-refractivity contribution in [2.24, 2.45) is 0 Å². The van der Waals surface area contributed by atoms with Crippen LogP contribution in [0.3, 0.4) is 0 Å². The molecule has 0 amide bonds. The van der Waals surface area contributed by atoms with Crippen molar-refractivity contribution >= 4 is 11.3 Å². The third-order valence-electron chi connectivity index (χ3n) is 3.50. The zero-order valence-electron chi connectivity index (χ0n) is 12.8. The summed E-state index contributed by atoms with van der Waals surface area (Å²) >= 11 is 1.84. The highest BCUT2D eigenvalue weighted by Crippen LogP contribution is 2.16. The molecule has 0 radical (unpaired) electrons. The summed E-state index contributed by atoms with van der Waals surface area (Å²) in [6, 6.07) is 0. The molecule has 0 aliphatic carbocycles. The van der Waals surface area contributed by atoms with E-state index < -0.39 is 0 Å². The second kappa shape index (κ2) is 11.4. The molecule has 1 heterocycles. The smallest absolute Gasteiger partial charge is 0.117 e. The Kier molecular flexibility index (Phi) is 9.96. The summed E-state index contributed by atoms with van der Waals surface area (Å²) in [4.78, 5) is 0. The van der Waals surface area contributed by atoms with Gasteiger partial charge in [0, 0.05) is 12.8 Å². The van der Waals surface area contributed by atoms with Crippen LogP contribution in [-0.4, -0.2) is 10.2 Å². The zero-order valence-corrected chi connectivity index (χ0v) is 13.6. The highest BCUT2D eigenvalue weighted by molar-refractivity contribution is 7.11. The van der Waals surface area contributed by atoms with E-state index >= 15 is 0 Å². The van der Waals surface area contributed by atoms with Gasteiger partial charge in [0.1, 0.15) is 10.0 Å². The van der Waals surface area contributed by atoms with Crippen LogP contribution >= 0.6 is 11.3 Å². The van der Waals surface area contributed by atoms with Crippen molar-refractivity contribution in [3.8, 4) is 0 Å². The summed E-state index contributed by atoms with van der Waals surface area (Å²) < 4.78 is 0. The van der Waals surface area contributed by atoms with Gasteiger partial charge in [-0.05, 0) is 12.8 Å². The van der Waals surface area contributed by atoms with Gasteiger partial charge in [-0.15, -0.1) is 21.5 Å². The zero-order chi connectivity index (χ0) is 13.8. The molecule has 1 aromatic heterocycles. The molecule has 3 heteroatoms. The minimum absolute atomic E-state index is 1.14. The largest absolute Gasteiger partial charge is 0.144 e. The highest BCUT2D eigenvalue weighted by Gasteiger charge is 2.03. The molecular formula is C16H30N2S.